The smallest absolute Gasteiger partial charge is 0.392 e. The number of aliphatic hydroxyl groups is 1. The Balaban J connectivity index is 2.36. The Morgan fingerprint density at radius 3 is 2.15 bits per heavy atom. The highest BCUT2D eigenvalue weighted by Crippen LogP contribution is 2.31. The van der Waals surface area contributed by atoms with Crippen molar-refractivity contribution in [3.05, 3.63) is 69.1 Å². The summed E-state index contributed by atoms with van der Waals surface area (Å²) in [6, 6.07) is 8.15. The van der Waals surface area contributed by atoms with Crippen LogP contribution in [-0.4, -0.2) is 10.1 Å². The standard InChI is InChI=1S/C14H12F3NO2/c15-14(16,17)11-5-6-13(20)18-12(11)7-9-1-3-10(8-19)4-2-9/h1-6,19H,7-8H2,(H,18,20). The van der Waals surface area contributed by atoms with Crippen LogP contribution >= 0.6 is 0 Å². The number of alkyl halides is 3. The van der Waals surface area contributed by atoms with Gasteiger partial charge in [0, 0.05) is 18.2 Å². The highest BCUT2D eigenvalue weighted by molar-refractivity contribution is 5.31. The molecule has 1 aromatic carbocycles. The van der Waals surface area contributed by atoms with Crippen LogP contribution in [-0.2, 0) is 19.2 Å². The number of pyridine rings is 1. The molecule has 0 saturated heterocycles. The van der Waals surface area contributed by atoms with E-state index >= 15 is 0 Å². The number of rotatable bonds is 3. The van der Waals surface area contributed by atoms with Crippen molar-refractivity contribution in [1.29, 1.82) is 0 Å². The Morgan fingerprint density at radius 2 is 1.60 bits per heavy atom. The number of hydrogen-bond donors (Lipinski definition) is 2. The van der Waals surface area contributed by atoms with Gasteiger partial charge in [-0.1, -0.05) is 24.3 Å². The highest BCUT2D eigenvalue weighted by atomic mass is 19.4. The van der Waals surface area contributed by atoms with Crippen molar-refractivity contribution in [2.75, 3.05) is 0 Å². The predicted octanol–water partition coefficient (Wildman–Crippen LogP) is 2.48. The number of aliphatic hydroxyl groups excluding tert-OH is 1. The van der Waals surface area contributed by atoms with Gasteiger partial charge in [0.1, 0.15) is 0 Å². The first-order chi connectivity index (χ1) is 9.40. The van der Waals surface area contributed by atoms with Crippen molar-refractivity contribution < 1.29 is 18.3 Å². The summed E-state index contributed by atoms with van der Waals surface area (Å²) >= 11 is 0. The first kappa shape index (κ1) is 14.3. The minimum Gasteiger partial charge on any atom is -0.392 e. The minimum atomic E-state index is -4.51. The van der Waals surface area contributed by atoms with E-state index in [4.69, 9.17) is 5.11 Å². The summed E-state index contributed by atoms with van der Waals surface area (Å²) in [7, 11) is 0. The van der Waals surface area contributed by atoms with Gasteiger partial charge < -0.3 is 10.1 Å². The van der Waals surface area contributed by atoms with Crippen LogP contribution in [0.3, 0.4) is 0 Å². The first-order valence-electron chi connectivity index (χ1n) is 5.88. The molecule has 0 fully saturated rings. The lowest BCUT2D eigenvalue weighted by molar-refractivity contribution is -0.138. The summed E-state index contributed by atoms with van der Waals surface area (Å²) in [5.74, 6) is 0. The maximum atomic E-state index is 12.8. The third kappa shape index (κ3) is 3.27. The monoisotopic (exact) mass is 283 g/mol. The lowest BCUT2D eigenvalue weighted by Gasteiger charge is -2.12. The molecule has 0 spiro atoms. The van der Waals surface area contributed by atoms with Gasteiger partial charge in [0.2, 0.25) is 5.56 Å². The van der Waals surface area contributed by atoms with Crippen LogP contribution < -0.4 is 5.56 Å². The molecule has 0 saturated carbocycles. The summed E-state index contributed by atoms with van der Waals surface area (Å²) in [5, 5.41) is 8.91. The van der Waals surface area contributed by atoms with Crippen molar-refractivity contribution in [1.82, 2.24) is 4.98 Å². The summed E-state index contributed by atoms with van der Waals surface area (Å²) in [5.41, 5.74) is -0.286. The first-order valence-corrected chi connectivity index (χ1v) is 5.88. The quantitative estimate of drug-likeness (QED) is 0.909. The Morgan fingerprint density at radius 1 is 1.00 bits per heavy atom. The molecule has 6 heteroatoms. The van der Waals surface area contributed by atoms with E-state index in [9.17, 15) is 18.0 Å². The second-order valence-electron chi connectivity index (χ2n) is 4.36. The minimum absolute atomic E-state index is 0.0311. The Kier molecular flexibility index (Phi) is 3.94. The van der Waals surface area contributed by atoms with Gasteiger partial charge in [-0.3, -0.25) is 4.79 Å². The normalized spacial score (nSPS) is 11.6. The van der Waals surface area contributed by atoms with Crippen LogP contribution in [0, 0.1) is 0 Å². The van der Waals surface area contributed by atoms with Gasteiger partial charge >= 0.3 is 6.18 Å². The van der Waals surface area contributed by atoms with E-state index in [1.54, 1.807) is 24.3 Å². The number of aromatic amines is 1. The maximum absolute atomic E-state index is 12.8. The molecule has 106 valence electrons. The van der Waals surface area contributed by atoms with E-state index < -0.39 is 17.3 Å². The topological polar surface area (TPSA) is 53.1 Å². The van der Waals surface area contributed by atoms with Gasteiger partial charge in [-0.25, -0.2) is 0 Å². The molecule has 0 unspecified atom stereocenters. The number of aromatic nitrogens is 1. The van der Waals surface area contributed by atoms with Crippen LogP contribution in [0.15, 0.2) is 41.2 Å². The molecule has 0 atom stereocenters. The molecule has 0 radical (unpaired) electrons. The van der Waals surface area contributed by atoms with Crippen molar-refractivity contribution in [3.8, 4) is 0 Å². The average molecular weight is 283 g/mol. The van der Waals surface area contributed by atoms with Crippen molar-refractivity contribution in [2.45, 2.75) is 19.2 Å². The van der Waals surface area contributed by atoms with Crippen molar-refractivity contribution in [2.24, 2.45) is 0 Å². The fourth-order valence-electron chi connectivity index (χ4n) is 1.89. The average Bonchev–Trinajstić information content (AvgIpc) is 2.38. The Bertz CT molecular complexity index is 645. The number of H-pyrrole nitrogens is 1. The molecule has 2 rings (SSSR count). The van der Waals surface area contributed by atoms with E-state index in [2.05, 4.69) is 4.98 Å². The van der Waals surface area contributed by atoms with E-state index in [-0.39, 0.29) is 18.7 Å². The van der Waals surface area contributed by atoms with Crippen molar-refractivity contribution >= 4 is 0 Å². The molecule has 3 nitrogen and oxygen atoms in total. The van der Waals surface area contributed by atoms with Gasteiger partial charge in [0.25, 0.3) is 0 Å². The van der Waals surface area contributed by atoms with Gasteiger partial charge in [-0.2, -0.15) is 13.2 Å². The second kappa shape index (κ2) is 5.50. The number of halogens is 3. The zero-order valence-electron chi connectivity index (χ0n) is 10.4. The lowest BCUT2D eigenvalue weighted by atomic mass is 10.0. The lowest BCUT2D eigenvalue weighted by Crippen LogP contribution is -2.17. The molecular weight excluding hydrogens is 271 g/mol. The molecule has 1 aromatic heterocycles. The van der Waals surface area contributed by atoms with E-state index in [1.807, 2.05) is 0 Å². The fourth-order valence-corrected chi connectivity index (χ4v) is 1.89. The highest BCUT2D eigenvalue weighted by Gasteiger charge is 2.33. The van der Waals surface area contributed by atoms with E-state index in [0.29, 0.717) is 11.1 Å². The molecule has 0 bridgehead atoms. The molecule has 2 aromatic rings. The summed E-state index contributed by atoms with van der Waals surface area (Å²) < 4.78 is 38.5. The zero-order chi connectivity index (χ0) is 14.8. The molecule has 0 amide bonds. The molecule has 0 aliphatic rings. The van der Waals surface area contributed by atoms with Crippen LogP contribution in [0.25, 0.3) is 0 Å². The molecule has 0 aliphatic heterocycles. The summed E-state index contributed by atoms with van der Waals surface area (Å²) in [4.78, 5) is 13.4. The van der Waals surface area contributed by atoms with Crippen molar-refractivity contribution in [3.63, 3.8) is 0 Å². The number of nitrogens with one attached hydrogen (secondary N) is 1. The van der Waals surface area contributed by atoms with E-state index in [0.717, 1.165) is 12.1 Å². The predicted molar refractivity (Wildman–Crippen MR) is 67.2 cm³/mol. The maximum Gasteiger partial charge on any atom is 0.418 e. The van der Waals surface area contributed by atoms with Crippen LogP contribution in [0.4, 0.5) is 13.2 Å². The Hall–Kier alpha value is -2.08. The summed E-state index contributed by atoms with van der Waals surface area (Å²) in [6.45, 7) is -0.129. The van der Waals surface area contributed by atoms with Crippen LogP contribution in [0.2, 0.25) is 0 Å². The van der Waals surface area contributed by atoms with Crippen LogP contribution in [0.5, 0.6) is 0 Å². The molecule has 20 heavy (non-hydrogen) atoms. The summed E-state index contributed by atoms with van der Waals surface area (Å²) in [6.07, 6.45) is -4.54. The van der Waals surface area contributed by atoms with Gasteiger partial charge in [0.15, 0.2) is 0 Å². The zero-order valence-corrected chi connectivity index (χ0v) is 10.4. The molecular formula is C14H12F3NO2. The number of hydrogen-bond acceptors (Lipinski definition) is 2. The molecule has 0 aliphatic carbocycles. The van der Waals surface area contributed by atoms with Gasteiger partial charge in [-0.15, -0.1) is 0 Å². The van der Waals surface area contributed by atoms with E-state index in [1.165, 1.54) is 0 Å². The second-order valence-corrected chi connectivity index (χ2v) is 4.36. The fraction of sp³-hybridized carbons (Fsp3) is 0.214. The third-order valence-electron chi connectivity index (χ3n) is 2.89. The third-order valence-corrected chi connectivity index (χ3v) is 2.89. The van der Waals surface area contributed by atoms with Crippen LogP contribution in [0.1, 0.15) is 22.4 Å². The largest absolute Gasteiger partial charge is 0.418 e. The van der Waals surface area contributed by atoms with Gasteiger partial charge in [-0.05, 0) is 17.2 Å². The SMILES string of the molecule is O=c1ccc(C(F)(F)F)c(Cc2ccc(CO)cc2)[nH]1. The molecule has 1 heterocycles. The molecule has 2 N–H and O–H groups in total. The number of benzene rings is 1. The van der Waals surface area contributed by atoms with Gasteiger partial charge in [0.05, 0.1) is 12.2 Å². The Labute approximate surface area is 112 Å².